The maximum atomic E-state index is 11.8. The molecule has 6 heteroatoms. The molecule has 2 aliphatic rings. The van der Waals surface area contributed by atoms with E-state index < -0.39 is 0 Å². The van der Waals surface area contributed by atoms with E-state index >= 15 is 0 Å². The van der Waals surface area contributed by atoms with E-state index in [-0.39, 0.29) is 23.5 Å². The van der Waals surface area contributed by atoms with Crippen molar-refractivity contribution in [1.82, 2.24) is 5.32 Å². The number of aryl methyl sites for hydroxylation is 1. The molecule has 1 aromatic rings. The van der Waals surface area contributed by atoms with Gasteiger partial charge in [0.25, 0.3) is 0 Å². The molecule has 194 valence electrons. The van der Waals surface area contributed by atoms with Gasteiger partial charge >= 0.3 is 0 Å². The Hall–Kier alpha value is -2.60. The van der Waals surface area contributed by atoms with E-state index in [2.05, 4.69) is 25.2 Å². The SMILES string of the molecule is CC.CC1CCC(=O)NC1=O.CCc1cc(/C(N=C(C)C)=C(/C)C2CCOCC2)ccc1C(C)=O. The van der Waals surface area contributed by atoms with Gasteiger partial charge in [-0.25, -0.2) is 0 Å². The molecule has 1 unspecified atom stereocenters. The molecule has 3 rings (SSSR count). The number of hydrogen-bond donors (Lipinski definition) is 1. The lowest BCUT2D eigenvalue weighted by atomic mass is 9.88. The van der Waals surface area contributed by atoms with Crippen LogP contribution in [0, 0.1) is 11.8 Å². The molecule has 6 nitrogen and oxygen atoms in total. The standard InChI is InChI=1S/C21H29NO2.C6H9NO2.C2H6/c1-6-17-13-19(7-8-20(17)16(5)23)21(22-14(2)3)15(4)18-9-11-24-12-10-18;1-4-2-3-5(8)7-6(4)9;1-2/h7-8,13,18H,6,9-12H2,1-5H3;4H,2-3H2,1H3,(H,7,8,9);1-2H3/b21-15+;;. The summed E-state index contributed by atoms with van der Waals surface area (Å²) < 4.78 is 5.50. The Balaban J connectivity index is 0.000000464. The molecule has 2 saturated heterocycles. The van der Waals surface area contributed by atoms with Crippen LogP contribution in [0.3, 0.4) is 0 Å². The van der Waals surface area contributed by atoms with Crippen molar-refractivity contribution in [3.05, 3.63) is 40.5 Å². The maximum absolute atomic E-state index is 11.8. The van der Waals surface area contributed by atoms with Crippen molar-refractivity contribution < 1.29 is 19.1 Å². The van der Waals surface area contributed by atoms with E-state index in [0.717, 1.165) is 60.6 Å². The molecule has 35 heavy (non-hydrogen) atoms. The summed E-state index contributed by atoms with van der Waals surface area (Å²) in [6.45, 7) is 17.5. The largest absolute Gasteiger partial charge is 0.381 e. The van der Waals surface area contributed by atoms with Crippen LogP contribution >= 0.6 is 0 Å². The minimum Gasteiger partial charge on any atom is -0.381 e. The zero-order valence-corrected chi connectivity index (χ0v) is 22.9. The molecule has 0 aromatic heterocycles. The van der Waals surface area contributed by atoms with Crippen molar-refractivity contribution in [1.29, 1.82) is 0 Å². The van der Waals surface area contributed by atoms with Crippen molar-refractivity contribution in [3.63, 3.8) is 0 Å². The van der Waals surface area contributed by atoms with Gasteiger partial charge in [0, 0.05) is 42.4 Å². The van der Waals surface area contributed by atoms with Crippen LogP contribution in [0.2, 0.25) is 0 Å². The lowest BCUT2D eigenvalue weighted by Gasteiger charge is -2.24. The summed E-state index contributed by atoms with van der Waals surface area (Å²) in [5.74, 6) is 0.390. The number of rotatable bonds is 5. The Morgan fingerprint density at radius 3 is 2.17 bits per heavy atom. The molecular weight excluding hydrogens is 440 g/mol. The van der Waals surface area contributed by atoms with Crippen LogP contribution in [0.15, 0.2) is 28.8 Å². The summed E-state index contributed by atoms with van der Waals surface area (Å²) in [5.41, 5.74) is 6.47. The van der Waals surface area contributed by atoms with Crippen LogP contribution in [0.4, 0.5) is 0 Å². The number of nitrogens with one attached hydrogen (secondary N) is 1. The molecule has 2 aliphatic heterocycles. The van der Waals surface area contributed by atoms with Crippen LogP contribution in [-0.2, 0) is 20.7 Å². The van der Waals surface area contributed by atoms with Gasteiger partial charge in [-0.2, -0.15) is 0 Å². The average molecular weight is 485 g/mol. The number of benzene rings is 1. The van der Waals surface area contributed by atoms with Gasteiger partial charge in [0.15, 0.2) is 5.78 Å². The summed E-state index contributed by atoms with van der Waals surface area (Å²) in [6, 6.07) is 6.14. The molecule has 0 saturated carbocycles. The zero-order valence-electron chi connectivity index (χ0n) is 22.9. The normalized spacial score (nSPS) is 18.7. The fraction of sp³-hybridized carbons (Fsp3) is 0.586. The summed E-state index contributed by atoms with van der Waals surface area (Å²) in [7, 11) is 0. The number of ketones is 1. The summed E-state index contributed by atoms with van der Waals surface area (Å²) in [6.07, 6.45) is 4.15. The number of aliphatic imine (C=N–C) groups is 1. The van der Waals surface area contributed by atoms with Gasteiger partial charge < -0.3 is 4.74 Å². The van der Waals surface area contributed by atoms with Crippen LogP contribution in [-0.4, -0.2) is 36.5 Å². The highest BCUT2D eigenvalue weighted by Gasteiger charge is 2.22. The van der Waals surface area contributed by atoms with Gasteiger partial charge in [0.1, 0.15) is 0 Å². The highest BCUT2D eigenvalue weighted by atomic mass is 16.5. The molecule has 0 bridgehead atoms. The summed E-state index contributed by atoms with van der Waals surface area (Å²) in [4.78, 5) is 37.8. The average Bonchev–Trinajstić information content (AvgIpc) is 2.86. The van der Waals surface area contributed by atoms with Crippen LogP contribution in [0.25, 0.3) is 5.70 Å². The molecule has 0 aliphatic carbocycles. The molecule has 2 heterocycles. The van der Waals surface area contributed by atoms with Crippen LogP contribution < -0.4 is 5.32 Å². The topological polar surface area (TPSA) is 84.8 Å². The Kier molecular flexibility index (Phi) is 13.4. The smallest absolute Gasteiger partial charge is 0.229 e. The first-order valence-electron chi connectivity index (χ1n) is 12.9. The third kappa shape index (κ3) is 9.52. The molecule has 0 spiro atoms. The van der Waals surface area contributed by atoms with E-state index in [4.69, 9.17) is 9.73 Å². The highest BCUT2D eigenvalue weighted by Crippen LogP contribution is 2.32. The number of allylic oxidation sites excluding steroid dienone is 1. The van der Waals surface area contributed by atoms with E-state index in [0.29, 0.717) is 18.8 Å². The fourth-order valence-corrected chi connectivity index (χ4v) is 4.11. The number of hydrogen-bond acceptors (Lipinski definition) is 5. The Morgan fingerprint density at radius 1 is 1.06 bits per heavy atom. The molecule has 1 aromatic carbocycles. The highest BCUT2D eigenvalue weighted by molar-refractivity contribution is 5.98. The third-order valence-corrected chi connectivity index (χ3v) is 6.20. The second-order valence-corrected chi connectivity index (χ2v) is 9.11. The number of ether oxygens (including phenoxy) is 1. The van der Waals surface area contributed by atoms with Crippen molar-refractivity contribution in [3.8, 4) is 0 Å². The molecule has 2 fully saturated rings. The minimum absolute atomic E-state index is 0.0164. The van der Waals surface area contributed by atoms with Crippen LogP contribution in [0.5, 0.6) is 0 Å². The molecular formula is C29H44N2O4. The predicted molar refractivity (Wildman–Crippen MR) is 144 cm³/mol. The number of Topliss-reactive ketones (excluding diaryl/α,β-unsaturated/α-hetero) is 1. The number of carbonyl (C=O) groups is 3. The van der Waals surface area contributed by atoms with Gasteiger partial charge in [0.05, 0.1) is 5.70 Å². The molecule has 2 amide bonds. The fourth-order valence-electron chi connectivity index (χ4n) is 4.11. The summed E-state index contributed by atoms with van der Waals surface area (Å²) in [5, 5.41) is 2.25. The Bertz CT molecular complexity index is 936. The Labute approximate surface area is 211 Å². The maximum Gasteiger partial charge on any atom is 0.229 e. The third-order valence-electron chi connectivity index (χ3n) is 6.20. The monoisotopic (exact) mass is 484 g/mol. The Morgan fingerprint density at radius 2 is 1.69 bits per heavy atom. The lowest BCUT2D eigenvalue weighted by molar-refractivity contribution is -0.135. The van der Waals surface area contributed by atoms with Gasteiger partial charge in [-0.05, 0) is 76.5 Å². The van der Waals surface area contributed by atoms with Gasteiger partial charge in [-0.15, -0.1) is 0 Å². The van der Waals surface area contributed by atoms with E-state index in [1.165, 1.54) is 5.57 Å². The predicted octanol–water partition coefficient (Wildman–Crippen LogP) is 6.18. The first-order valence-corrected chi connectivity index (χ1v) is 12.9. The van der Waals surface area contributed by atoms with Gasteiger partial charge in [0.2, 0.25) is 11.8 Å². The first kappa shape index (κ1) is 30.4. The number of nitrogens with zero attached hydrogens (tertiary/aromatic N) is 1. The molecule has 1 N–H and O–H groups in total. The van der Waals surface area contributed by atoms with E-state index in [9.17, 15) is 14.4 Å². The quantitative estimate of drug-likeness (QED) is 0.307. The van der Waals surface area contributed by atoms with E-state index in [1.807, 2.05) is 46.8 Å². The second kappa shape index (κ2) is 15.4. The molecule has 1 atom stereocenters. The van der Waals surface area contributed by atoms with Crippen molar-refractivity contribution in [2.45, 2.75) is 87.5 Å². The number of amides is 2. The van der Waals surface area contributed by atoms with Crippen molar-refractivity contribution in [2.24, 2.45) is 16.8 Å². The van der Waals surface area contributed by atoms with Crippen molar-refractivity contribution >= 4 is 29.0 Å². The molecule has 0 radical (unpaired) electrons. The summed E-state index contributed by atoms with van der Waals surface area (Å²) >= 11 is 0. The minimum atomic E-state index is -0.141. The van der Waals surface area contributed by atoms with Crippen molar-refractivity contribution in [2.75, 3.05) is 13.2 Å². The van der Waals surface area contributed by atoms with Gasteiger partial charge in [-0.1, -0.05) is 39.8 Å². The lowest BCUT2D eigenvalue weighted by Crippen LogP contribution is -2.39. The number of carbonyl (C=O) groups excluding carboxylic acids is 3. The van der Waals surface area contributed by atoms with E-state index in [1.54, 1.807) is 6.92 Å². The second-order valence-electron chi connectivity index (χ2n) is 9.11. The number of piperidine rings is 1. The van der Waals surface area contributed by atoms with Gasteiger partial charge in [-0.3, -0.25) is 24.7 Å². The first-order chi connectivity index (χ1) is 16.6. The zero-order chi connectivity index (χ0) is 26.5. The number of imide groups is 1. The van der Waals surface area contributed by atoms with Crippen LogP contribution in [0.1, 0.15) is 103 Å².